The number of benzene rings is 4. The molecule has 0 spiro atoms. The summed E-state index contributed by atoms with van der Waals surface area (Å²) in [7, 11) is 3.16. The summed E-state index contributed by atoms with van der Waals surface area (Å²) in [5, 5.41) is 17.0. The van der Waals surface area contributed by atoms with E-state index in [1.54, 1.807) is 54.0 Å². The SMILES string of the molecule is C.COc1ccc(C[C@H](CC(=O)C(C)N)C(=O)N[C@@H](Cc2ccccc2)C(=O)[C@@]2(C)CO2)cc1.COc1ccc(C[C@H](CC(=O)C(C)NC(=O)CN2CCOCC2)C(=O)N[C@@H](Cc2ccccc2)C(=O)[C@@]2(C)CO2)cc1.O=C(O)CN1CCOCC1. The van der Waals surface area contributed by atoms with Crippen molar-refractivity contribution in [2.45, 2.75) is 109 Å². The highest BCUT2D eigenvalue weighted by Crippen LogP contribution is 2.31. The second-order valence-corrected chi connectivity index (χ2v) is 22.4. The molecule has 0 saturated carbocycles. The predicted molar refractivity (Wildman–Crippen MR) is 323 cm³/mol. The Morgan fingerprint density at radius 1 is 0.547 bits per heavy atom. The van der Waals surface area contributed by atoms with E-state index in [1.807, 2.05) is 107 Å². The molecule has 3 amide bonds. The van der Waals surface area contributed by atoms with Crippen molar-refractivity contribution < 1.29 is 71.9 Å². The van der Waals surface area contributed by atoms with Gasteiger partial charge in [0.2, 0.25) is 17.7 Å². The molecule has 8 rings (SSSR count). The largest absolute Gasteiger partial charge is 0.497 e. The highest BCUT2D eigenvalue weighted by Gasteiger charge is 2.51. The topological polar surface area (TPSA) is 287 Å². The molecule has 4 aromatic rings. The van der Waals surface area contributed by atoms with E-state index in [0.717, 1.165) is 35.3 Å². The number of morpholine rings is 2. The van der Waals surface area contributed by atoms with Crippen molar-refractivity contribution in [3.05, 3.63) is 131 Å². The van der Waals surface area contributed by atoms with Gasteiger partial charge in [0, 0.05) is 50.9 Å². The summed E-state index contributed by atoms with van der Waals surface area (Å²) in [4.78, 5) is 106. The molecule has 4 aliphatic heterocycles. The van der Waals surface area contributed by atoms with Crippen molar-refractivity contribution in [2.24, 2.45) is 17.6 Å². The molecule has 21 heteroatoms. The van der Waals surface area contributed by atoms with E-state index in [9.17, 15) is 38.4 Å². The summed E-state index contributed by atoms with van der Waals surface area (Å²) in [6.45, 7) is 12.9. The fourth-order valence-corrected chi connectivity index (χ4v) is 9.67. The van der Waals surface area contributed by atoms with Crippen LogP contribution in [0, 0.1) is 11.8 Å². The van der Waals surface area contributed by atoms with Gasteiger partial charge in [-0.15, -0.1) is 0 Å². The number of ether oxygens (including phenoxy) is 6. The van der Waals surface area contributed by atoms with Gasteiger partial charge in [-0.05, 0) is 99.9 Å². The third-order valence-corrected chi connectivity index (χ3v) is 15.2. The Kier molecular flexibility index (Phi) is 27.6. The van der Waals surface area contributed by atoms with Gasteiger partial charge >= 0.3 is 5.97 Å². The van der Waals surface area contributed by atoms with Crippen molar-refractivity contribution in [1.82, 2.24) is 25.8 Å². The van der Waals surface area contributed by atoms with Gasteiger partial charge in [0.1, 0.15) is 28.5 Å². The van der Waals surface area contributed by atoms with Crippen LogP contribution in [0.25, 0.3) is 0 Å². The first kappa shape index (κ1) is 69.5. The smallest absolute Gasteiger partial charge is 0.317 e. The van der Waals surface area contributed by atoms with Crippen LogP contribution in [-0.4, -0.2) is 190 Å². The summed E-state index contributed by atoms with van der Waals surface area (Å²) in [5.74, 6) is -2.62. The number of Topliss-reactive ketones (excluding diaryl/α,β-unsaturated/α-hetero) is 4. The number of epoxide rings is 2. The molecule has 0 aromatic heterocycles. The quantitative estimate of drug-likeness (QED) is 0.0480. The van der Waals surface area contributed by atoms with Crippen molar-refractivity contribution in [3.8, 4) is 11.5 Å². The molecule has 8 atom stereocenters. The summed E-state index contributed by atoms with van der Waals surface area (Å²) < 4.78 is 31.6. The Hall–Kier alpha value is -7.24. The van der Waals surface area contributed by atoms with Crippen LogP contribution in [0.5, 0.6) is 11.5 Å². The molecule has 6 N–H and O–H groups in total. The van der Waals surface area contributed by atoms with E-state index < -0.39 is 59.1 Å². The monoisotopic (exact) mass is 1190 g/mol. The van der Waals surface area contributed by atoms with Gasteiger partial charge in [0.15, 0.2) is 17.3 Å². The molecule has 4 saturated heterocycles. The number of nitrogens with zero attached hydrogens (tertiary/aromatic N) is 2. The Balaban J connectivity index is 0.000000272. The van der Waals surface area contributed by atoms with E-state index in [1.165, 1.54) is 0 Å². The van der Waals surface area contributed by atoms with Crippen LogP contribution in [0.4, 0.5) is 0 Å². The molecule has 86 heavy (non-hydrogen) atoms. The van der Waals surface area contributed by atoms with Crippen LogP contribution in [0.1, 0.15) is 70.2 Å². The number of carboxylic acids is 1. The maximum Gasteiger partial charge on any atom is 0.317 e. The Labute approximate surface area is 505 Å². The minimum Gasteiger partial charge on any atom is -0.497 e. The first-order valence-corrected chi connectivity index (χ1v) is 28.9. The van der Waals surface area contributed by atoms with Crippen LogP contribution in [0.15, 0.2) is 109 Å². The Bertz CT molecular complexity index is 2820. The zero-order chi connectivity index (χ0) is 61.5. The molecule has 4 aliphatic rings. The summed E-state index contributed by atoms with van der Waals surface area (Å²) >= 11 is 0. The van der Waals surface area contributed by atoms with Crippen LogP contribution in [0.2, 0.25) is 0 Å². The molecule has 4 heterocycles. The molecule has 2 unspecified atom stereocenters. The number of hydrogen-bond acceptors (Lipinski definition) is 17. The molecule has 21 nitrogen and oxygen atoms in total. The average Bonchev–Trinajstić information content (AvgIpc) is 2.84. The van der Waals surface area contributed by atoms with Crippen LogP contribution in [-0.2, 0) is 83.0 Å². The highest BCUT2D eigenvalue weighted by atomic mass is 16.6. The molecule has 468 valence electrons. The lowest BCUT2D eigenvalue weighted by Gasteiger charge is -2.27. The zero-order valence-corrected chi connectivity index (χ0v) is 49.7. The van der Waals surface area contributed by atoms with Crippen molar-refractivity contribution in [2.75, 3.05) is 93.1 Å². The number of aliphatic carboxylic acids is 1. The molecule has 0 aliphatic carbocycles. The van der Waals surface area contributed by atoms with Gasteiger partial charge in [0.05, 0.1) is 91.1 Å². The van der Waals surface area contributed by atoms with Gasteiger partial charge in [0.25, 0.3) is 0 Å². The van der Waals surface area contributed by atoms with E-state index in [0.29, 0.717) is 83.5 Å². The van der Waals surface area contributed by atoms with E-state index in [4.69, 9.17) is 39.3 Å². The number of ketones is 4. The average molecular weight is 1190 g/mol. The van der Waals surface area contributed by atoms with E-state index in [2.05, 4.69) is 16.0 Å². The van der Waals surface area contributed by atoms with Gasteiger partial charge in [-0.25, -0.2) is 0 Å². The molecular weight excluding hydrogens is 1100 g/mol. The van der Waals surface area contributed by atoms with Crippen molar-refractivity contribution >= 4 is 46.8 Å². The summed E-state index contributed by atoms with van der Waals surface area (Å²) in [6.07, 6.45) is 1.17. The molecule has 0 radical (unpaired) electrons. The number of carbonyl (C=O) groups is 8. The number of amides is 3. The van der Waals surface area contributed by atoms with Crippen molar-refractivity contribution in [3.63, 3.8) is 0 Å². The van der Waals surface area contributed by atoms with Gasteiger partial charge < -0.3 is 55.2 Å². The number of nitrogens with one attached hydrogen (secondary N) is 3. The second-order valence-electron chi connectivity index (χ2n) is 22.4. The van der Waals surface area contributed by atoms with Gasteiger partial charge in [-0.2, -0.15) is 0 Å². The molecule has 0 bridgehead atoms. The Morgan fingerprint density at radius 2 is 0.907 bits per heavy atom. The summed E-state index contributed by atoms with van der Waals surface area (Å²) in [5.41, 5.74) is 7.53. The molecular formula is C65H88N6O15. The lowest BCUT2D eigenvalue weighted by molar-refractivity contribution is -0.139. The zero-order valence-electron chi connectivity index (χ0n) is 49.7. The normalized spacial score (nSPS) is 20.0. The lowest BCUT2D eigenvalue weighted by atomic mass is 9.89. The second kappa shape index (κ2) is 34.2. The Morgan fingerprint density at radius 3 is 1.26 bits per heavy atom. The number of methoxy groups -OCH3 is 2. The fraction of sp³-hybridized carbons (Fsp3) is 0.508. The third-order valence-electron chi connectivity index (χ3n) is 15.2. The van der Waals surface area contributed by atoms with E-state index in [-0.39, 0.29) is 74.7 Å². The van der Waals surface area contributed by atoms with Crippen molar-refractivity contribution in [1.29, 1.82) is 0 Å². The van der Waals surface area contributed by atoms with E-state index >= 15 is 0 Å². The fourth-order valence-electron chi connectivity index (χ4n) is 9.67. The molecule has 4 aromatic carbocycles. The van der Waals surface area contributed by atoms with Crippen LogP contribution >= 0.6 is 0 Å². The molecule has 4 fully saturated rings. The predicted octanol–water partition coefficient (Wildman–Crippen LogP) is 4.02. The number of carbonyl (C=O) groups excluding carboxylic acids is 7. The maximum absolute atomic E-state index is 13.8. The first-order valence-electron chi connectivity index (χ1n) is 28.9. The van der Waals surface area contributed by atoms with Gasteiger partial charge in [-0.1, -0.05) is 92.4 Å². The first-order chi connectivity index (χ1) is 40.7. The number of nitrogens with two attached hydrogens (primary N) is 1. The standard InChI is InChI=1S/C32H41N3O7.C26H32N2O5.C6H11NO3.CH4/c1-22(33-29(37)20-35-13-15-41-16-14-35)28(36)19-25(17-24-9-11-26(40-3)12-10-24)31(39)34-27(30(38)32(2)21-42-32)18-23-7-5-4-6-8-23;1-17(27)23(29)15-20(13-19-9-11-21(32-3)12-10-19)25(31)28-22(24(30)26(2)16-33-26)14-18-7-5-4-6-8-18;8-6(9)5-7-1-3-10-4-2-7;/h4-12,22,25,27H,13-21H2,1-3H3,(H,33,37)(H,34,39);4-12,17,20,22H,13-16,27H2,1-3H3,(H,28,31);1-5H2,(H,8,9);1H4/t22?,25-,27+,32-;17?,20-,22+,26-;;/m11../s1. The third kappa shape index (κ3) is 22.9. The van der Waals surface area contributed by atoms with Crippen LogP contribution in [0.3, 0.4) is 0 Å². The number of carboxylic acid groups (broad SMARTS) is 1. The lowest BCUT2D eigenvalue weighted by Crippen LogP contribution is -2.50. The minimum atomic E-state index is -0.923. The highest BCUT2D eigenvalue weighted by molar-refractivity contribution is 5.99. The number of rotatable bonds is 29. The minimum absolute atomic E-state index is 0. The summed E-state index contributed by atoms with van der Waals surface area (Å²) in [6, 6.07) is 30.6. The maximum atomic E-state index is 13.8. The van der Waals surface area contributed by atoms with Crippen LogP contribution < -0.4 is 31.2 Å². The van der Waals surface area contributed by atoms with Gasteiger partial charge in [-0.3, -0.25) is 48.2 Å². The number of hydrogen-bond donors (Lipinski definition) is 5.